The lowest BCUT2D eigenvalue weighted by atomic mass is 10.1. The Bertz CT molecular complexity index is 1390. The number of hydrogen-bond donors (Lipinski definition) is 3. The van der Waals surface area contributed by atoms with Crippen molar-refractivity contribution < 1.29 is 22.7 Å². The SMILES string of the molecule is CCCOC(=O)Oc1c[nH]c2c(=O)[nH]c3ccc(S(=O)(=O)N(CC(C)(C)NC)C4CC4)cc3c12. The van der Waals surface area contributed by atoms with E-state index in [4.69, 9.17) is 9.47 Å². The number of hydrogen-bond acceptors (Lipinski definition) is 7. The fourth-order valence-electron chi connectivity index (χ4n) is 3.80. The Hall–Kier alpha value is -2.89. The van der Waals surface area contributed by atoms with E-state index >= 15 is 0 Å². The lowest BCUT2D eigenvalue weighted by molar-refractivity contribution is 0.0997. The number of carbonyl (C=O) groups excluding carboxylic acids is 1. The van der Waals surface area contributed by atoms with Crippen molar-refractivity contribution in [3.05, 3.63) is 34.7 Å². The molecule has 184 valence electrons. The van der Waals surface area contributed by atoms with Crippen molar-refractivity contribution in [2.24, 2.45) is 0 Å². The normalized spacial score (nSPS) is 14.7. The van der Waals surface area contributed by atoms with Crippen LogP contribution in [0, 0.1) is 0 Å². The van der Waals surface area contributed by atoms with Gasteiger partial charge in [-0.15, -0.1) is 0 Å². The first-order valence-electron chi connectivity index (χ1n) is 11.3. The molecule has 0 bridgehead atoms. The standard InChI is InChI=1S/C23H30N4O6S/c1-5-10-32-22(29)33-18-12-25-20-19(18)16-11-15(8-9-17(16)26-21(20)28)34(30,31)27(14-6-7-14)13-23(2,3)24-4/h8-9,11-12,14,24-25H,5-7,10,13H2,1-4H3,(H,26,28). The fourth-order valence-corrected chi connectivity index (χ4v) is 5.67. The Labute approximate surface area is 197 Å². The number of likely N-dealkylation sites (N-methyl/N-ethyl adjacent to an activating group) is 1. The Balaban J connectivity index is 1.81. The second kappa shape index (κ2) is 9.05. The van der Waals surface area contributed by atoms with Crippen molar-refractivity contribution >= 4 is 38.0 Å². The molecule has 0 spiro atoms. The van der Waals surface area contributed by atoms with Gasteiger partial charge in [0.1, 0.15) is 5.52 Å². The molecular formula is C23H30N4O6S. The summed E-state index contributed by atoms with van der Waals surface area (Å²) in [4.78, 5) is 30.3. The highest BCUT2D eigenvalue weighted by Gasteiger charge is 2.40. The third-order valence-electron chi connectivity index (χ3n) is 5.99. The number of fused-ring (bicyclic) bond motifs is 3. The van der Waals surface area contributed by atoms with Crippen LogP contribution in [0.25, 0.3) is 21.8 Å². The lowest BCUT2D eigenvalue weighted by Gasteiger charge is -2.32. The molecule has 3 N–H and O–H groups in total. The number of benzene rings is 1. The fraction of sp³-hybridized carbons (Fsp3) is 0.478. The summed E-state index contributed by atoms with van der Waals surface area (Å²) < 4.78 is 39.2. The summed E-state index contributed by atoms with van der Waals surface area (Å²) in [7, 11) is -2.02. The minimum atomic E-state index is -3.82. The Morgan fingerprint density at radius 3 is 2.68 bits per heavy atom. The van der Waals surface area contributed by atoms with Gasteiger partial charge in [0.2, 0.25) is 10.0 Å². The smallest absolute Gasteiger partial charge is 0.434 e. The quantitative estimate of drug-likeness (QED) is 0.393. The molecule has 0 saturated heterocycles. The number of carbonyl (C=O) groups is 1. The first kappa shape index (κ1) is 24.2. The van der Waals surface area contributed by atoms with E-state index in [1.807, 2.05) is 20.8 Å². The zero-order chi connectivity index (χ0) is 24.7. The van der Waals surface area contributed by atoms with Crippen LogP contribution in [0.15, 0.2) is 34.1 Å². The van der Waals surface area contributed by atoms with Gasteiger partial charge in [-0.1, -0.05) is 6.92 Å². The van der Waals surface area contributed by atoms with Crippen LogP contribution < -0.4 is 15.6 Å². The highest BCUT2D eigenvalue weighted by Crippen LogP contribution is 2.36. The zero-order valence-corrected chi connectivity index (χ0v) is 20.5. The van der Waals surface area contributed by atoms with Crippen molar-refractivity contribution in [1.82, 2.24) is 19.6 Å². The maximum Gasteiger partial charge on any atom is 0.513 e. The summed E-state index contributed by atoms with van der Waals surface area (Å²) in [5.41, 5.74) is -0.219. The number of pyridine rings is 1. The summed E-state index contributed by atoms with van der Waals surface area (Å²) in [5, 5.41) is 3.93. The summed E-state index contributed by atoms with van der Waals surface area (Å²) in [5.74, 6) is 0.0946. The number of sulfonamides is 1. The molecule has 1 fully saturated rings. The maximum absolute atomic E-state index is 13.7. The number of rotatable bonds is 9. The molecule has 1 aliphatic rings. The van der Waals surface area contributed by atoms with Crippen LogP contribution in [0.1, 0.15) is 40.0 Å². The van der Waals surface area contributed by atoms with Crippen LogP contribution in [0.5, 0.6) is 5.75 Å². The van der Waals surface area contributed by atoms with Crippen LogP contribution in [0.2, 0.25) is 0 Å². The van der Waals surface area contributed by atoms with Crippen molar-refractivity contribution in [2.75, 3.05) is 20.2 Å². The highest BCUT2D eigenvalue weighted by atomic mass is 32.2. The molecule has 2 heterocycles. The van der Waals surface area contributed by atoms with Gasteiger partial charge >= 0.3 is 6.16 Å². The predicted molar refractivity (Wildman–Crippen MR) is 129 cm³/mol. The van der Waals surface area contributed by atoms with Crippen LogP contribution in [0.3, 0.4) is 0 Å². The second-order valence-corrected chi connectivity index (χ2v) is 11.1. The summed E-state index contributed by atoms with van der Waals surface area (Å²) >= 11 is 0. The van der Waals surface area contributed by atoms with E-state index in [1.54, 1.807) is 17.4 Å². The molecule has 0 unspecified atom stereocenters. The van der Waals surface area contributed by atoms with Gasteiger partial charge in [-0.2, -0.15) is 4.31 Å². The van der Waals surface area contributed by atoms with Gasteiger partial charge in [0, 0.05) is 35.2 Å². The third kappa shape index (κ3) is 4.68. The van der Waals surface area contributed by atoms with E-state index in [1.165, 1.54) is 18.3 Å². The number of ether oxygens (including phenoxy) is 2. The predicted octanol–water partition coefficient (Wildman–Crippen LogP) is 3.09. The van der Waals surface area contributed by atoms with E-state index in [9.17, 15) is 18.0 Å². The van der Waals surface area contributed by atoms with Crippen LogP contribution >= 0.6 is 0 Å². The lowest BCUT2D eigenvalue weighted by Crippen LogP contribution is -2.50. The molecule has 0 radical (unpaired) electrons. The van der Waals surface area contributed by atoms with E-state index in [0.717, 1.165) is 12.8 Å². The van der Waals surface area contributed by atoms with E-state index < -0.39 is 27.3 Å². The molecule has 0 amide bonds. The van der Waals surface area contributed by atoms with Crippen molar-refractivity contribution in [1.29, 1.82) is 0 Å². The number of H-pyrrole nitrogens is 2. The van der Waals surface area contributed by atoms with Crippen molar-refractivity contribution in [3.63, 3.8) is 0 Å². The van der Waals surface area contributed by atoms with Gasteiger partial charge in [0.05, 0.1) is 16.9 Å². The second-order valence-electron chi connectivity index (χ2n) is 9.18. The zero-order valence-electron chi connectivity index (χ0n) is 19.7. The summed E-state index contributed by atoms with van der Waals surface area (Å²) in [6, 6.07) is 4.53. The minimum Gasteiger partial charge on any atom is -0.434 e. The topological polar surface area (TPSA) is 134 Å². The van der Waals surface area contributed by atoms with Crippen molar-refractivity contribution in [2.45, 2.75) is 56.5 Å². The van der Waals surface area contributed by atoms with Gasteiger partial charge in [-0.3, -0.25) is 4.79 Å². The maximum atomic E-state index is 13.7. The molecule has 4 rings (SSSR count). The van der Waals surface area contributed by atoms with Gasteiger partial charge in [0.25, 0.3) is 5.56 Å². The monoisotopic (exact) mass is 490 g/mol. The molecule has 0 aliphatic heterocycles. The average Bonchev–Trinajstić information content (AvgIpc) is 3.55. The van der Waals surface area contributed by atoms with E-state index in [-0.39, 0.29) is 28.8 Å². The number of nitrogens with zero attached hydrogens (tertiary/aromatic N) is 1. The number of aromatic amines is 2. The third-order valence-corrected chi connectivity index (χ3v) is 7.88. The van der Waals surface area contributed by atoms with E-state index in [0.29, 0.717) is 29.3 Å². The molecule has 10 nitrogen and oxygen atoms in total. The molecule has 34 heavy (non-hydrogen) atoms. The van der Waals surface area contributed by atoms with Crippen molar-refractivity contribution in [3.8, 4) is 5.75 Å². The Kier molecular flexibility index (Phi) is 6.45. The minimum absolute atomic E-state index is 0.0385. The molecule has 1 aromatic carbocycles. The average molecular weight is 491 g/mol. The van der Waals surface area contributed by atoms with Crippen LogP contribution in [0.4, 0.5) is 4.79 Å². The number of nitrogens with one attached hydrogen (secondary N) is 3. The molecule has 3 aromatic rings. The van der Waals surface area contributed by atoms with Gasteiger partial charge < -0.3 is 24.8 Å². The summed E-state index contributed by atoms with van der Waals surface area (Å²) in [6.45, 7) is 6.28. The molecular weight excluding hydrogens is 460 g/mol. The summed E-state index contributed by atoms with van der Waals surface area (Å²) in [6.07, 6.45) is 2.77. The molecule has 1 saturated carbocycles. The molecule has 0 atom stereocenters. The molecule has 11 heteroatoms. The molecule has 1 aliphatic carbocycles. The van der Waals surface area contributed by atoms with Gasteiger partial charge in [-0.05, 0) is 58.4 Å². The first-order valence-corrected chi connectivity index (χ1v) is 12.7. The highest BCUT2D eigenvalue weighted by molar-refractivity contribution is 7.89. The van der Waals surface area contributed by atoms with Gasteiger partial charge in [-0.25, -0.2) is 13.2 Å². The molecule has 2 aromatic heterocycles. The van der Waals surface area contributed by atoms with Crippen LogP contribution in [-0.4, -0.2) is 60.6 Å². The number of aromatic nitrogens is 2. The largest absolute Gasteiger partial charge is 0.513 e. The first-order chi connectivity index (χ1) is 16.1. The van der Waals surface area contributed by atoms with E-state index in [2.05, 4.69) is 15.3 Å². The van der Waals surface area contributed by atoms with Crippen LogP contribution in [-0.2, 0) is 14.8 Å². The Morgan fingerprint density at radius 2 is 2.03 bits per heavy atom. The van der Waals surface area contributed by atoms with Gasteiger partial charge in [0.15, 0.2) is 5.75 Å². The Morgan fingerprint density at radius 1 is 1.29 bits per heavy atom.